The number of nitrogens with zero attached hydrogens (tertiary/aromatic N) is 2. The largest absolute Gasteiger partial charge is 0.504 e. The molecule has 0 saturated heterocycles. The monoisotopic (exact) mass is 304 g/mol. The lowest BCUT2D eigenvalue weighted by molar-refractivity contribution is -0.127. The first kappa shape index (κ1) is 15.5. The Morgan fingerprint density at radius 3 is 3.00 bits per heavy atom. The molecular weight excluding hydrogens is 288 g/mol. The Morgan fingerprint density at radius 1 is 1.59 bits per heavy atom. The molecule has 0 radical (unpaired) electrons. The molecule has 8 nitrogen and oxygen atoms in total. The number of methoxy groups -OCH3 is 1. The molecule has 1 heterocycles. The molecule has 3 N–H and O–H groups in total. The average Bonchev–Trinajstić information content (AvgIpc) is 2.81. The van der Waals surface area contributed by atoms with Crippen LogP contribution in [-0.2, 0) is 9.59 Å². The van der Waals surface area contributed by atoms with Gasteiger partial charge in [-0.3, -0.25) is 9.59 Å². The smallest absolute Gasteiger partial charge is 0.249 e. The fourth-order valence-corrected chi connectivity index (χ4v) is 1.91. The van der Waals surface area contributed by atoms with Gasteiger partial charge in [-0.25, -0.2) is 10.9 Å². The number of phenolic OH excluding ortho intramolecular Hbond substituents is 1. The van der Waals surface area contributed by atoms with Crippen molar-refractivity contribution in [3.05, 3.63) is 23.8 Å². The number of phenols is 1. The van der Waals surface area contributed by atoms with Crippen molar-refractivity contribution in [2.45, 2.75) is 13.3 Å². The van der Waals surface area contributed by atoms with Crippen LogP contribution >= 0.6 is 0 Å². The van der Waals surface area contributed by atoms with Gasteiger partial charge in [0.25, 0.3) is 0 Å². The number of amides is 2. The summed E-state index contributed by atoms with van der Waals surface area (Å²) in [4.78, 5) is 23.2. The minimum absolute atomic E-state index is 0.0165. The summed E-state index contributed by atoms with van der Waals surface area (Å²) in [7, 11) is 1.44. The third-order valence-corrected chi connectivity index (χ3v) is 3.16. The van der Waals surface area contributed by atoms with E-state index in [9.17, 15) is 14.7 Å². The van der Waals surface area contributed by atoms with Crippen LogP contribution in [0.2, 0.25) is 0 Å². The number of hydrogen-bond acceptors (Lipinski definition) is 6. The Morgan fingerprint density at radius 2 is 2.36 bits per heavy atom. The normalized spacial score (nSPS) is 17.3. The quantitative estimate of drug-likeness (QED) is 0.538. The van der Waals surface area contributed by atoms with Gasteiger partial charge in [-0.1, -0.05) is 0 Å². The van der Waals surface area contributed by atoms with Gasteiger partial charge < -0.3 is 9.84 Å². The maximum absolute atomic E-state index is 11.7. The minimum atomic E-state index is -0.552. The molecule has 0 aromatic heterocycles. The summed E-state index contributed by atoms with van der Waals surface area (Å²) < 4.78 is 4.97. The highest BCUT2D eigenvalue weighted by Crippen LogP contribution is 2.25. The highest BCUT2D eigenvalue weighted by molar-refractivity contribution is 6.09. The lowest BCUT2D eigenvalue weighted by atomic mass is 10.0. The molecule has 2 rings (SSSR count). The van der Waals surface area contributed by atoms with Gasteiger partial charge in [0.1, 0.15) is 0 Å². The van der Waals surface area contributed by atoms with E-state index in [1.54, 1.807) is 19.1 Å². The summed E-state index contributed by atoms with van der Waals surface area (Å²) in [6.45, 7) is 1.68. The maximum atomic E-state index is 11.7. The number of carbonyl (C=O) groups excluding carboxylic acids is 2. The van der Waals surface area contributed by atoms with E-state index in [0.29, 0.717) is 17.0 Å². The summed E-state index contributed by atoms with van der Waals surface area (Å²) in [6.07, 6.45) is 1.40. The number of ether oxygens (including phenoxy) is 1. The van der Waals surface area contributed by atoms with Gasteiger partial charge in [-0.05, 0) is 30.7 Å². The molecule has 0 aliphatic carbocycles. The average molecular weight is 304 g/mol. The molecule has 1 aromatic rings. The first-order valence-corrected chi connectivity index (χ1v) is 6.54. The van der Waals surface area contributed by atoms with Crippen molar-refractivity contribution < 1.29 is 19.4 Å². The van der Waals surface area contributed by atoms with E-state index < -0.39 is 11.8 Å². The van der Waals surface area contributed by atoms with Gasteiger partial charge in [-0.2, -0.15) is 10.2 Å². The molecule has 0 spiro atoms. The Bertz CT molecular complexity index is 654. The molecule has 1 aliphatic heterocycles. The molecule has 0 bridgehead atoms. The van der Waals surface area contributed by atoms with Crippen LogP contribution < -0.4 is 15.6 Å². The first-order valence-electron chi connectivity index (χ1n) is 6.54. The van der Waals surface area contributed by atoms with Crippen molar-refractivity contribution in [3.63, 3.8) is 0 Å². The predicted octanol–water partition coefficient (Wildman–Crippen LogP) is 0.363. The first-order chi connectivity index (χ1) is 10.5. The van der Waals surface area contributed by atoms with Crippen LogP contribution in [0.5, 0.6) is 11.5 Å². The van der Waals surface area contributed by atoms with E-state index in [0.717, 1.165) is 0 Å². The number of rotatable bonds is 5. The van der Waals surface area contributed by atoms with Gasteiger partial charge in [0.05, 0.1) is 19.2 Å². The molecule has 0 unspecified atom stereocenters. The van der Waals surface area contributed by atoms with E-state index in [1.807, 2.05) is 0 Å². The summed E-state index contributed by atoms with van der Waals surface area (Å²) in [5.41, 5.74) is 5.88. The van der Waals surface area contributed by atoms with Gasteiger partial charge in [0.15, 0.2) is 11.5 Å². The standard InChI is InChI=1S/C14H16N4O4/c1-8-10(14(21)18-16-8)6-13(20)17-15-7-9-3-4-11(19)12(5-9)22-2/h3-5,7,10,19H,6H2,1-2H3,(H,17,20)(H,18,21)/t10-/m1/s1. The van der Waals surface area contributed by atoms with E-state index in [1.165, 1.54) is 19.4 Å². The number of nitrogens with one attached hydrogen (secondary N) is 2. The van der Waals surface area contributed by atoms with Gasteiger partial charge in [-0.15, -0.1) is 0 Å². The van der Waals surface area contributed by atoms with Crippen molar-refractivity contribution >= 4 is 23.7 Å². The molecule has 8 heteroatoms. The SMILES string of the molecule is COc1cc(C=NNC(=O)C[C@H]2C(=O)NN=C2C)ccc1O. The van der Waals surface area contributed by atoms with Crippen molar-refractivity contribution in [2.24, 2.45) is 16.1 Å². The van der Waals surface area contributed by atoms with Crippen molar-refractivity contribution in [1.82, 2.24) is 10.9 Å². The van der Waals surface area contributed by atoms with Gasteiger partial charge in [0.2, 0.25) is 11.8 Å². The summed E-state index contributed by atoms with van der Waals surface area (Å²) in [5, 5.41) is 17.0. The Labute approximate surface area is 126 Å². The van der Waals surface area contributed by atoms with Gasteiger partial charge in [0, 0.05) is 12.1 Å². The molecule has 22 heavy (non-hydrogen) atoms. The topological polar surface area (TPSA) is 112 Å². The van der Waals surface area contributed by atoms with Crippen LogP contribution in [0.1, 0.15) is 18.9 Å². The number of benzene rings is 1. The number of carbonyl (C=O) groups is 2. The lowest BCUT2D eigenvalue weighted by Gasteiger charge is -2.06. The summed E-state index contributed by atoms with van der Waals surface area (Å²) >= 11 is 0. The van der Waals surface area contributed by atoms with E-state index in [4.69, 9.17) is 4.74 Å². The van der Waals surface area contributed by atoms with Crippen molar-refractivity contribution in [3.8, 4) is 11.5 Å². The van der Waals surface area contributed by atoms with E-state index >= 15 is 0 Å². The maximum Gasteiger partial charge on any atom is 0.249 e. The number of hydrazone groups is 2. The number of aromatic hydroxyl groups is 1. The second kappa shape index (κ2) is 6.70. The number of hydrogen-bond donors (Lipinski definition) is 3. The molecular formula is C14H16N4O4. The zero-order valence-corrected chi connectivity index (χ0v) is 12.2. The van der Waals surface area contributed by atoms with Crippen LogP contribution in [0.4, 0.5) is 0 Å². The Hall–Kier alpha value is -2.90. The summed E-state index contributed by atoms with van der Waals surface area (Å²) in [5.74, 6) is -0.905. The van der Waals surface area contributed by atoms with Crippen molar-refractivity contribution in [2.75, 3.05) is 7.11 Å². The molecule has 0 saturated carbocycles. The van der Waals surface area contributed by atoms with Crippen LogP contribution in [-0.4, -0.2) is 36.0 Å². The highest BCUT2D eigenvalue weighted by Gasteiger charge is 2.28. The molecule has 116 valence electrons. The second-order valence-corrected chi connectivity index (χ2v) is 4.71. The Balaban J connectivity index is 1.91. The molecule has 1 aromatic carbocycles. The Kier molecular flexibility index (Phi) is 4.72. The van der Waals surface area contributed by atoms with Gasteiger partial charge >= 0.3 is 0 Å². The second-order valence-electron chi connectivity index (χ2n) is 4.71. The molecule has 2 amide bonds. The third-order valence-electron chi connectivity index (χ3n) is 3.16. The fourth-order valence-electron chi connectivity index (χ4n) is 1.91. The highest BCUT2D eigenvalue weighted by atomic mass is 16.5. The predicted molar refractivity (Wildman–Crippen MR) is 79.8 cm³/mol. The minimum Gasteiger partial charge on any atom is -0.504 e. The van der Waals surface area contributed by atoms with Crippen LogP contribution in [0, 0.1) is 5.92 Å². The van der Waals surface area contributed by atoms with E-state index in [-0.39, 0.29) is 18.1 Å². The fraction of sp³-hybridized carbons (Fsp3) is 0.286. The zero-order valence-electron chi connectivity index (χ0n) is 12.2. The van der Waals surface area contributed by atoms with Crippen molar-refractivity contribution in [1.29, 1.82) is 0 Å². The van der Waals surface area contributed by atoms with Crippen LogP contribution in [0.15, 0.2) is 28.4 Å². The molecule has 1 atom stereocenters. The summed E-state index contributed by atoms with van der Waals surface area (Å²) in [6, 6.07) is 4.66. The van der Waals surface area contributed by atoms with E-state index in [2.05, 4.69) is 21.1 Å². The van der Waals surface area contributed by atoms with Crippen LogP contribution in [0.3, 0.4) is 0 Å². The zero-order chi connectivity index (χ0) is 16.1. The molecule has 0 fully saturated rings. The molecule has 1 aliphatic rings. The van der Waals surface area contributed by atoms with Crippen LogP contribution in [0.25, 0.3) is 0 Å². The lowest BCUT2D eigenvalue weighted by Crippen LogP contribution is -2.29. The third kappa shape index (κ3) is 3.60.